The molecule has 4 nitrogen and oxygen atoms in total. The molecule has 0 saturated carbocycles. The first-order chi connectivity index (χ1) is 6.16. The maximum Gasteiger partial charge on any atom is 0.265 e. The molecule has 0 spiro atoms. The van der Waals surface area contributed by atoms with Gasteiger partial charge in [0.05, 0.1) is 30.9 Å². The largest absolute Gasteiger partial charge is 0.394 e. The number of rotatable bonds is 2. The summed E-state index contributed by atoms with van der Waals surface area (Å²) in [6.45, 7) is 4.52. The van der Waals surface area contributed by atoms with E-state index in [1.165, 1.54) is 4.90 Å². The Morgan fingerprint density at radius 2 is 2.46 bits per heavy atom. The van der Waals surface area contributed by atoms with E-state index in [1.54, 1.807) is 0 Å². The molecule has 1 fully saturated rings. The van der Waals surface area contributed by atoms with Crippen molar-refractivity contribution in [3.63, 3.8) is 0 Å². The Hall–Kier alpha value is -0.580. The van der Waals surface area contributed by atoms with Gasteiger partial charge in [0.2, 0.25) is 0 Å². The topological polar surface area (TPSA) is 49.8 Å². The highest BCUT2D eigenvalue weighted by atomic mass is 35.5. The second-order valence-electron chi connectivity index (χ2n) is 2.81. The first-order valence-corrected chi connectivity index (χ1v) is 4.38. The zero-order valence-corrected chi connectivity index (χ0v) is 7.96. The number of nitrogens with zero attached hydrogens (tertiary/aromatic N) is 1. The van der Waals surface area contributed by atoms with Crippen molar-refractivity contribution in [3.8, 4) is 0 Å². The van der Waals surface area contributed by atoms with Crippen LogP contribution in [0, 0.1) is 0 Å². The molecular formula is C8H12ClNO3. The SMILES string of the molecule is C=C(Cl)C(=O)N1CCOCC1CO. The van der Waals surface area contributed by atoms with E-state index >= 15 is 0 Å². The number of carbonyl (C=O) groups is 1. The highest BCUT2D eigenvalue weighted by Crippen LogP contribution is 2.11. The lowest BCUT2D eigenvalue weighted by atomic mass is 10.2. The van der Waals surface area contributed by atoms with Crippen LogP contribution >= 0.6 is 11.6 Å². The summed E-state index contributed by atoms with van der Waals surface area (Å²) in [6, 6.07) is -0.295. The predicted molar refractivity (Wildman–Crippen MR) is 48.4 cm³/mol. The second kappa shape index (κ2) is 4.60. The summed E-state index contributed by atoms with van der Waals surface area (Å²) < 4.78 is 5.11. The summed E-state index contributed by atoms with van der Waals surface area (Å²) in [5, 5.41) is 8.92. The molecule has 0 aliphatic carbocycles. The van der Waals surface area contributed by atoms with Gasteiger partial charge in [0, 0.05) is 6.54 Å². The van der Waals surface area contributed by atoms with Crippen molar-refractivity contribution < 1.29 is 14.6 Å². The van der Waals surface area contributed by atoms with Crippen molar-refractivity contribution in [2.75, 3.05) is 26.4 Å². The smallest absolute Gasteiger partial charge is 0.265 e. The molecule has 0 radical (unpaired) electrons. The third-order valence-corrected chi connectivity index (χ3v) is 2.09. The van der Waals surface area contributed by atoms with Crippen LogP contribution in [0.4, 0.5) is 0 Å². The minimum absolute atomic E-state index is 0.0275. The van der Waals surface area contributed by atoms with Crippen molar-refractivity contribution in [2.24, 2.45) is 0 Å². The van der Waals surface area contributed by atoms with Crippen LogP contribution < -0.4 is 0 Å². The minimum atomic E-state index is -0.330. The van der Waals surface area contributed by atoms with Gasteiger partial charge in [-0.15, -0.1) is 0 Å². The number of aliphatic hydroxyl groups is 1. The molecule has 13 heavy (non-hydrogen) atoms. The lowest BCUT2D eigenvalue weighted by molar-refractivity contribution is -0.136. The molecule has 74 valence electrons. The van der Waals surface area contributed by atoms with E-state index in [0.717, 1.165) is 0 Å². The van der Waals surface area contributed by atoms with Crippen LogP contribution in [0.5, 0.6) is 0 Å². The summed E-state index contributed by atoms with van der Waals surface area (Å²) in [4.78, 5) is 12.9. The first-order valence-electron chi connectivity index (χ1n) is 4.00. The fraction of sp³-hybridized carbons (Fsp3) is 0.625. The van der Waals surface area contributed by atoms with E-state index in [2.05, 4.69) is 6.58 Å². The molecule has 0 aromatic carbocycles. The van der Waals surface area contributed by atoms with Crippen LogP contribution in [0.1, 0.15) is 0 Å². The highest BCUT2D eigenvalue weighted by Gasteiger charge is 2.27. The summed E-state index contributed by atoms with van der Waals surface area (Å²) in [5.74, 6) is -0.330. The van der Waals surface area contributed by atoms with Crippen molar-refractivity contribution in [2.45, 2.75) is 6.04 Å². The van der Waals surface area contributed by atoms with Gasteiger partial charge in [-0.05, 0) is 0 Å². The van der Waals surface area contributed by atoms with Gasteiger partial charge < -0.3 is 14.7 Å². The molecule has 1 N–H and O–H groups in total. The van der Waals surface area contributed by atoms with Gasteiger partial charge in [-0.25, -0.2) is 0 Å². The number of halogens is 1. The van der Waals surface area contributed by atoms with Crippen molar-refractivity contribution in [1.82, 2.24) is 4.90 Å². The molecule has 1 atom stereocenters. The van der Waals surface area contributed by atoms with Gasteiger partial charge in [0.25, 0.3) is 5.91 Å². The number of amides is 1. The van der Waals surface area contributed by atoms with Gasteiger partial charge >= 0.3 is 0 Å². The van der Waals surface area contributed by atoms with Gasteiger partial charge in [0.15, 0.2) is 0 Å². The summed E-state index contributed by atoms with van der Waals surface area (Å²) in [6.07, 6.45) is 0. The highest BCUT2D eigenvalue weighted by molar-refractivity contribution is 6.41. The Bertz CT molecular complexity index is 219. The van der Waals surface area contributed by atoms with Gasteiger partial charge in [-0.3, -0.25) is 4.79 Å². The Morgan fingerprint density at radius 3 is 3.00 bits per heavy atom. The van der Waals surface area contributed by atoms with Crippen molar-refractivity contribution in [1.29, 1.82) is 0 Å². The molecular weight excluding hydrogens is 194 g/mol. The third-order valence-electron chi connectivity index (χ3n) is 1.93. The van der Waals surface area contributed by atoms with Crippen LogP contribution in [-0.2, 0) is 9.53 Å². The Kier molecular flexibility index (Phi) is 3.71. The molecule has 1 rings (SSSR count). The zero-order chi connectivity index (χ0) is 9.84. The van der Waals surface area contributed by atoms with Crippen LogP contribution in [0.3, 0.4) is 0 Å². The number of ether oxygens (including phenoxy) is 1. The van der Waals surface area contributed by atoms with E-state index < -0.39 is 0 Å². The van der Waals surface area contributed by atoms with Crippen LogP contribution in [0.15, 0.2) is 11.6 Å². The normalized spacial score (nSPS) is 22.9. The molecule has 0 aromatic rings. The Morgan fingerprint density at radius 1 is 1.77 bits per heavy atom. The second-order valence-corrected chi connectivity index (χ2v) is 3.27. The lowest BCUT2D eigenvalue weighted by Gasteiger charge is -2.34. The molecule has 1 saturated heterocycles. The number of hydrogen-bond acceptors (Lipinski definition) is 3. The lowest BCUT2D eigenvalue weighted by Crippen LogP contribution is -2.50. The van der Waals surface area contributed by atoms with E-state index in [9.17, 15) is 4.79 Å². The van der Waals surface area contributed by atoms with Crippen molar-refractivity contribution in [3.05, 3.63) is 11.6 Å². The van der Waals surface area contributed by atoms with Gasteiger partial charge in [-0.2, -0.15) is 0 Å². The van der Waals surface area contributed by atoms with Crippen LogP contribution in [0.2, 0.25) is 0 Å². The van der Waals surface area contributed by atoms with E-state index in [0.29, 0.717) is 19.8 Å². The standard InChI is InChI=1S/C8H12ClNO3/c1-6(9)8(12)10-2-3-13-5-7(10)4-11/h7,11H,1-5H2. The Balaban J connectivity index is 2.64. The number of morpholine rings is 1. The molecule has 1 aliphatic rings. The molecule has 1 aliphatic heterocycles. The number of hydrogen-bond donors (Lipinski definition) is 1. The number of aliphatic hydroxyl groups excluding tert-OH is 1. The molecule has 0 aromatic heterocycles. The summed E-state index contributed by atoms with van der Waals surface area (Å²) in [5.41, 5.74) is 0. The minimum Gasteiger partial charge on any atom is -0.394 e. The monoisotopic (exact) mass is 205 g/mol. The maximum absolute atomic E-state index is 11.4. The van der Waals surface area contributed by atoms with Crippen LogP contribution in [0.25, 0.3) is 0 Å². The van der Waals surface area contributed by atoms with Crippen molar-refractivity contribution >= 4 is 17.5 Å². The molecule has 5 heteroatoms. The summed E-state index contributed by atoms with van der Waals surface area (Å²) >= 11 is 5.48. The zero-order valence-electron chi connectivity index (χ0n) is 7.20. The van der Waals surface area contributed by atoms with Gasteiger partial charge in [0.1, 0.15) is 0 Å². The fourth-order valence-corrected chi connectivity index (χ4v) is 1.34. The predicted octanol–water partition coefficient (Wildman–Crippen LogP) is -0.0414. The van der Waals surface area contributed by atoms with E-state index in [1.807, 2.05) is 0 Å². The van der Waals surface area contributed by atoms with Crippen LogP contribution in [-0.4, -0.2) is 48.3 Å². The molecule has 1 amide bonds. The molecule has 1 unspecified atom stereocenters. The molecule has 1 heterocycles. The van der Waals surface area contributed by atoms with E-state index in [4.69, 9.17) is 21.4 Å². The first kappa shape index (κ1) is 10.5. The van der Waals surface area contributed by atoms with E-state index in [-0.39, 0.29) is 23.6 Å². The number of carbonyl (C=O) groups excluding carboxylic acids is 1. The van der Waals surface area contributed by atoms with Gasteiger partial charge in [-0.1, -0.05) is 18.2 Å². The fourth-order valence-electron chi connectivity index (χ4n) is 1.23. The average Bonchev–Trinajstić information content (AvgIpc) is 2.16. The average molecular weight is 206 g/mol. The summed E-state index contributed by atoms with van der Waals surface area (Å²) in [7, 11) is 0. The third kappa shape index (κ3) is 2.43. The maximum atomic E-state index is 11.4. The Labute approximate surface area is 81.7 Å². The molecule has 0 bridgehead atoms. The quantitative estimate of drug-likeness (QED) is 0.644.